The van der Waals surface area contributed by atoms with Crippen molar-refractivity contribution in [3.05, 3.63) is 35.1 Å². The highest BCUT2D eigenvalue weighted by atomic mass is 16.7. The number of aliphatic hydroxyl groups is 1. The van der Waals surface area contributed by atoms with E-state index in [1.54, 1.807) is 39.8 Å². The van der Waals surface area contributed by atoms with Crippen LogP contribution in [0.3, 0.4) is 0 Å². The molecule has 0 aromatic rings. The lowest BCUT2D eigenvalue weighted by molar-refractivity contribution is -0.220. The molecule has 0 radical (unpaired) electrons. The molecular weight excluding hydrogens is 392 g/mol. The SMILES string of the molecule is C/C=C(/C)[C@@]1(O)O[C@H]2C[C@@]3(C)OC(=CC3=O)/C(COC(C)=O)=C\[C@@H]3OC(=O)[C@@]1(C)[C@@H]32. The molecule has 2 bridgehead atoms. The van der Waals surface area contributed by atoms with Crippen molar-refractivity contribution in [3.8, 4) is 0 Å². The number of fused-ring (bicyclic) bond motifs is 2. The molecule has 0 spiro atoms. The maximum atomic E-state index is 13.0. The predicted octanol–water partition coefficient (Wildman–Crippen LogP) is 1.72. The van der Waals surface area contributed by atoms with Gasteiger partial charge in [0.15, 0.2) is 5.60 Å². The monoisotopic (exact) mass is 418 g/mol. The fourth-order valence-electron chi connectivity index (χ4n) is 5.01. The van der Waals surface area contributed by atoms with Crippen molar-refractivity contribution in [2.75, 3.05) is 6.61 Å². The topological polar surface area (TPSA) is 108 Å². The lowest BCUT2D eigenvalue weighted by atomic mass is 9.67. The molecule has 4 aliphatic heterocycles. The van der Waals surface area contributed by atoms with Gasteiger partial charge in [-0.05, 0) is 39.3 Å². The Kier molecular flexibility index (Phi) is 4.52. The van der Waals surface area contributed by atoms with Gasteiger partial charge in [-0.3, -0.25) is 14.4 Å². The van der Waals surface area contributed by atoms with Crippen LogP contribution in [0.5, 0.6) is 0 Å². The van der Waals surface area contributed by atoms with Gasteiger partial charge in [0, 0.05) is 30.9 Å². The Morgan fingerprint density at radius 3 is 2.67 bits per heavy atom. The summed E-state index contributed by atoms with van der Waals surface area (Å²) in [7, 11) is 0. The molecule has 0 saturated carbocycles. The summed E-state index contributed by atoms with van der Waals surface area (Å²) in [6.45, 7) is 7.88. The van der Waals surface area contributed by atoms with E-state index in [0.29, 0.717) is 11.1 Å². The molecule has 4 rings (SSSR count). The van der Waals surface area contributed by atoms with Crippen LogP contribution in [0.4, 0.5) is 0 Å². The van der Waals surface area contributed by atoms with E-state index in [1.165, 1.54) is 13.0 Å². The summed E-state index contributed by atoms with van der Waals surface area (Å²) in [6.07, 6.45) is 3.41. The molecule has 0 amide bonds. The Bertz CT molecular complexity index is 929. The third kappa shape index (κ3) is 2.63. The first-order valence-corrected chi connectivity index (χ1v) is 10.0. The Morgan fingerprint density at radius 1 is 1.33 bits per heavy atom. The minimum atomic E-state index is -1.87. The fourth-order valence-corrected chi connectivity index (χ4v) is 5.01. The molecule has 162 valence electrons. The number of hydrogen-bond donors (Lipinski definition) is 1. The van der Waals surface area contributed by atoms with Crippen LogP contribution in [0, 0.1) is 11.3 Å². The highest BCUT2D eigenvalue weighted by molar-refractivity contribution is 6.00. The highest BCUT2D eigenvalue weighted by Gasteiger charge is 2.74. The number of allylic oxidation sites excluding steroid dienone is 1. The van der Waals surface area contributed by atoms with E-state index in [2.05, 4.69) is 0 Å². The van der Waals surface area contributed by atoms with E-state index >= 15 is 0 Å². The van der Waals surface area contributed by atoms with Gasteiger partial charge in [0.2, 0.25) is 11.6 Å². The molecule has 2 fully saturated rings. The van der Waals surface area contributed by atoms with Crippen LogP contribution < -0.4 is 0 Å². The Labute approximate surface area is 174 Å². The average Bonchev–Trinajstić information content (AvgIpc) is 3.20. The Morgan fingerprint density at radius 2 is 2.03 bits per heavy atom. The second kappa shape index (κ2) is 6.52. The minimum absolute atomic E-state index is 0.132. The van der Waals surface area contributed by atoms with Crippen molar-refractivity contribution in [1.29, 1.82) is 0 Å². The second-order valence-electron chi connectivity index (χ2n) is 8.75. The van der Waals surface area contributed by atoms with Gasteiger partial charge in [-0.2, -0.15) is 0 Å². The van der Waals surface area contributed by atoms with E-state index in [4.69, 9.17) is 18.9 Å². The maximum Gasteiger partial charge on any atom is 0.318 e. The molecule has 0 aromatic carbocycles. The van der Waals surface area contributed by atoms with E-state index in [1.807, 2.05) is 0 Å². The number of esters is 2. The van der Waals surface area contributed by atoms with Gasteiger partial charge in [-0.15, -0.1) is 0 Å². The van der Waals surface area contributed by atoms with Crippen molar-refractivity contribution in [1.82, 2.24) is 0 Å². The van der Waals surface area contributed by atoms with Crippen molar-refractivity contribution in [2.24, 2.45) is 11.3 Å². The highest BCUT2D eigenvalue weighted by Crippen LogP contribution is 2.60. The van der Waals surface area contributed by atoms with E-state index in [0.717, 1.165) is 0 Å². The van der Waals surface area contributed by atoms with Crippen LogP contribution in [0.15, 0.2) is 35.1 Å². The van der Waals surface area contributed by atoms with Crippen LogP contribution in [-0.2, 0) is 33.3 Å². The van der Waals surface area contributed by atoms with Crippen LogP contribution in [0.1, 0.15) is 41.0 Å². The zero-order valence-corrected chi connectivity index (χ0v) is 17.7. The van der Waals surface area contributed by atoms with Gasteiger partial charge in [0.25, 0.3) is 0 Å². The molecule has 4 aliphatic rings. The molecule has 30 heavy (non-hydrogen) atoms. The summed E-state index contributed by atoms with van der Waals surface area (Å²) in [6, 6.07) is 0. The van der Waals surface area contributed by atoms with E-state index < -0.39 is 46.9 Å². The molecular formula is C22H26O8. The van der Waals surface area contributed by atoms with Crippen LogP contribution in [0.2, 0.25) is 0 Å². The summed E-state index contributed by atoms with van der Waals surface area (Å²) >= 11 is 0. The summed E-state index contributed by atoms with van der Waals surface area (Å²) in [5.41, 5.74) is -1.69. The normalized spacial score (nSPS) is 44.1. The third-order valence-electron chi connectivity index (χ3n) is 6.90. The predicted molar refractivity (Wildman–Crippen MR) is 103 cm³/mol. The Hall–Kier alpha value is -2.45. The van der Waals surface area contributed by atoms with Gasteiger partial charge < -0.3 is 24.1 Å². The van der Waals surface area contributed by atoms with Crippen molar-refractivity contribution >= 4 is 17.7 Å². The maximum absolute atomic E-state index is 13.0. The molecule has 2 saturated heterocycles. The molecule has 0 aliphatic carbocycles. The minimum Gasteiger partial charge on any atom is -0.479 e. The van der Waals surface area contributed by atoms with E-state index in [-0.39, 0.29) is 24.6 Å². The molecule has 0 aromatic heterocycles. The molecule has 1 N–H and O–H groups in total. The quantitative estimate of drug-likeness (QED) is 0.545. The lowest BCUT2D eigenvalue weighted by Crippen LogP contribution is -2.49. The van der Waals surface area contributed by atoms with Gasteiger partial charge in [-0.1, -0.05) is 6.08 Å². The zero-order valence-electron chi connectivity index (χ0n) is 17.7. The number of carbonyl (C=O) groups is 3. The van der Waals surface area contributed by atoms with Gasteiger partial charge >= 0.3 is 11.9 Å². The first-order chi connectivity index (χ1) is 14.0. The third-order valence-corrected chi connectivity index (χ3v) is 6.90. The number of hydrogen-bond acceptors (Lipinski definition) is 8. The standard InChI is InChI=1S/C22H26O8/c1-6-11(2)22(26)21(5)18-15(28-19(21)25)7-13(10-27-12(3)23)14-8-17(24)20(4,29-14)9-16(18)30-22/h6-8,15-16,18,26H,9-10H2,1-5H3/b11-6-,13-7-/t15-,16-,18-,20+,21+,22+/m0/s1. The largest absolute Gasteiger partial charge is 0.479 e. The average molecular weight is 418 g/mol. The summed E-state index contributed by atoms with van der Waals surface area (Å²) in [5, 5.41) is 11.5. The van der Waals surface area contributed by atoms with Crippen molar-refractivity contribution < 1.29 is 38.4 Å². The lowest BCUT2D eigenvalue weighted by Gasteiger charge is -2.35. The first kappa shape index (κ1) is 20.8. The molecule has 8 heteroatoms. The van der Waals surface area contributed by atoms with Crippen LogP contribution in [-0.4, -0.2) is 53.0 Å². The molecule has 4 heterocycles. The number of rotatable bonds is 3. The first-order valence-electron chi connectivity index (χ1n) is 10.0. The second-order valence-corrected chi connectivity index (χ2v) is 8.75. The number of carbonyl (C=O) groups excluding carboxylic acids is 3. The van der Waals surface area contributed by atoms with Crippen molar-refractivity contribution in [3.63, 3.8) is 0 Å². The van der Waals surface area contributed by atoms with Crippen LogP contribution in [0.25, 0.3) is 0 Å². The summed E-state index contributed by atoms with van der Waals surface area (Å²) in [4.78, 5) is 37.2. The molecule has 8 nitrogen and oxygen atoms in total. The van der Waals surface area contributed by atoms with Gasteiger partial charge in [0.05, 0.1) is 6.10 Å². The van der Waals surface area contributed by atoms with Gasteiger partial charge in [0.1, 0.15) is 23.9 Å². The van der Waals surface area contributed by atoms with Gasteiger partial charge in [-0.25, -0.2) is 0 Å². The Balaban J connectivity index is 1.86. The molecule has 6 atom stereocenters. The van der Waals surface area contributed by atoms with Crippen molar-refractivity contribution in [2.45, 2.75) is 64.6 Å². The summed E-state index contributed by atoms with van der Waals surface area (Å²) < 4.78 is 22.9. The summed E-state index contributed by atoms with van der Waals surface area (Å²) in [5.74, 6) is -3.47. The number of ether oxygens (including phenoxy) is 4. The number of ketones is 1. The fraction of sp³-hybridized carbons (Fsp3) is 0.591. The van der Waals surface area contributed by atoms with E-state index in [9.17, 15) is 19.5 Å². The van der Waals surface area contributed by atoms with Crippen LogP contribution >= 0.6 is 0 Å². The zero-order chi connectivity index (χ0) is 22.1. The molecule has 0 unspecified atom stereocenters. The smallest absolute Gasteiger partial charge is 0.318 e.